The van der Waals surface area contributed by atoms with Crippen LogP contribution in [-0.4, -0.2) is 54.4 Å². The first-order valence-corrected chi connectivity index (χ1v) is 10.5. The van der Waals surface area contributed by atoms with Gasteiger partial charge in [0.25, 0.3) is 0 Å². The normalized spacial score (nSPS) is 22.9. The summed E-state index contributed by atoms with van der Waals surface area (Å²) in [4.78, 5) is 38.0. The fraction of sp³-hybridized carbons (Fsp3) is 0.857. The summed E-state index contributed by atoms with van der Waals surface area (Å²) in [5, 5.41) is 16.1. The molecular weight excluding hydrogens is 358 g/mol. The molecule has 1 rings (SSSR count). The first kappa shape index (κ1) is 24.7. The van der Waals surface area contributed by atoms with Crippen LogP contribution in [-0.2, 0) is 14.4 Å². The largest absolute Gasteiger partial charge is 0.393 e. The highest BCUT2D eigenvalue weighted by Crippen LogP contribution is 2.27. The zero-order chi connectivity index (χ0) is 21.4. The number of aliphatic hydroxyl groups excluding tert-OH is 1. The van der Waals surface area contributed by atoms with E-state index in [1.165, 1.54) is 6.92 Å². The predicted octanol–water partition coefficient (Wildman–Crippen LogP) is 0.883. The van der Waals surface area contributed by atoms with Crippen LogP contribution in [0.3, 0.4) is 0 Å². The van der Waals surface area contributed by atoms with Gasteiger partial charge in [-0.1, -0.05) is 27.7 Å². The van der Waals surface area contributed by atoms with Crippen molar-refractivity contribution in [2.24, 2.45) is 35.3 Å². The van der Waals surface area contributed by atoms with Crippen molar-refractivity contribution in [2.75, 3.05) is 19.6 Å². The van der Waals surface area contributed by atoms with Gasteiger partial charge in [-0.25, -0.2) is 0 Å². The van der Waals surface area contributed by atoms with Gasteiger partial charge >= 0.3 is 0 Å². The van der Waals surface area contributed by atoms with Crippen molar-refractivity contribution >= 4 is 17.5 Å². The minimum atomic E-state index is -0.977. The first-order chi connectivity index (χ1) is 13.1. The van der Waals surface area contributed by atoms with E-state index in [0.717, 1.165) is 13.0 Å². The predicted molar refractivity (Wildman–Crippen MR) is 110 cm³/mol. The van der Waals surface area contributed by atoms with Gasteiger partial charge in [0.15, 0.2) is 5.78 Å². The number of rotatable bonds is 12. The summed E-state index contributed by atoms with van der Waals surface area (Å²) in [5.41, 5.74) is 5.58. The van der Waals surface area contributed by atoms with Gasteiger partial charge in [0.05, 0.1) is 18.1 Å². The second-order valence-corrected chi connectivity index (χ2v) is 8.87. The zero-order valence-electron chi connectivity index (χ0n) is 18.0. The van der Waals surface area contributed by atoms with Crippen molar-refractivity contribution in [2.45, 2.75) is 66.0 Å². The number of nitrogens with one attached hydrogen (secondary N) is 2. The summed E-state index contributed by atoms with van der Waals surface area (Å²) in [5.74, 6) is -1.02. The second kappa shape index (κ2) is 11.6. The van der Waals surface area contributed by atoms with E-state index in [1.807, 2.05) is 0 Å². The molecule has 5 atom stereocenters. The monoisotopic (exact) mass is 397 g/mol. The minimum absolute atomic E-state index is 0.00209. The third-order valence-corrected chi connectivity index (χ3v) is 5.55. The molecule has 1 aliphatic heterocycles. The summed E-state index contributed by atoms with van der Waals surface area (Å²) in [6.45, 7) is 11.0. The molecule has 28 heavy (non-hydrogen) atoms. The summed E-state index contributed by atoms with van der Waals surface area (Å²) >= 11 is 0. The molecule has 1 saturated heterocycles. The lowest BCUT2D eigenvalue weighted by Gasteiger charge is -2.26. The van der Waals surface area contributed by atoms with E-state index in [9.17, 15) is 19.5 Å². The fourth-order valence-corrected chi connectivity index (χ4v) is 3.95. The molecule has 0 saturated carbocycles. The third kappa shape index (κ3) is 7.26. The first-order valence-electron chi connectivity index (χ1n) is 10.5. The Hall–Kier alpha value is -1.31. The van der Waals surface area contributed by atoms with Crippen LogP contribution in [0.2, 0.25) is 0 Å². The highest BCUT2D eigenvalue weighted by Gasteiger charge is 2.37. The van der Waals surface area contributed by atoms with Gasteiger partial charge in [0.2, 0.25) is 5.91 Å². The van der Waals surface area contributed by atoms with Crippen molar-refractivity contribution in [3.05, 3.63) is 0 Å². The van der Waals surface area contributed by atoms with E-state index in [1.54, 1.807) is 13.8 Å². The third-order valence-electron chi connectivity index (χ3n) is 5.55. The minimum Gasteiger partial charge on any atom is -0.393 e. The molecule has 1 fully saturated rings. The van der Waals surface area contributed by atoms with Gasteiger partial charge in [0.1, 0.15) is 5.78 Å². The van der Waals surface area contributed by atoms with E-state index in [-0.39, 0.29) is 42.3 Å². The molecule has 5 N–H and O–H groups in total. The molecule has 162 valence electrons. The van der Waals surface area contributed by atoms with Gasteiger partial charge in [-0.05, 0) is 44.7 Å². The van der Waals surface area contributed by atoms with E-state index in [0.29, 0.717) is 18.9 Å². The molecule has 0 aromatic rings. The number of amides is 1. The summed E-state index contributed by atoms with van der Waals surface area (Å²) in [6, 6.07) is -0.685. The fourth-order valence-electron chi connectivity index (χ4n) is 3.95. The maximum atomic E-state index is 12.9. The van der Waals surface area contributed by atoms with Crippen LogP contribution in [0.15, 0.2) is 0 Å². The number of nitrogens with two attached hydrogens (primary N) is 1. The summed E-state index contributed by atoms with van der Waals surface area (Å²) < 4.78 is 0. The Balaban J connectivity index is 2.81. The Morgan fingerprint density at radius 2 is 1.79 bits per heavy atom. The van der Waals surface area contributed by atoms with Crippen molar-refractivity contribution in [3.8, 4) is 0 Å². The van der Waals surface area contributed by atoms with Crippen molar-refractivity contribution in [1.82, 2.24) is 10.6 Å². The van der Waals surface area contributed by atoms with Crippen LogP contribution in [0, 0.1) is 29.6 Å². The Morgan fingerprint density at radius 3 is 2.29 bits per heavy atom. The van der Waals surface area contributed by atoms with E-state index >= 15 is 0 Å². The van der Waals surface area contributed by atoms with E-state index in [4.69, 9.17) is 5.73 Å². The van der Waals surface area contributed by atoms with Gasteiger partial charge < -0.3 is 21.5 Å². The van der Waals surface area contributed by atoms with Crippen LogP contribution < -0.4 is 16.4 Å². The second-order valence-electron chi connectivity index (χ2n) is 8.87. The lowest BCUT2D eigenvalue weighted by molar-refractivity contribution is -0.137. The lowest BCUT2D eigenvalue weighted by atomic mass is 9.82. The smallest absolute Gasteiger partial charge is 0.226 e. The summed E-state index contributed by atoms with van der Waals surface area (Å²) in [7, 11) is 0. The number of hydrogen-bond donors (Lipinski definition) is 4. The average molecular weight is 398 g/mol. The highest BCUT2D eigenvalue weighted by molar-refractivity contribution is 5.93. The molecule has 7 heteroatoms. The number of carbonyl (C=O) groups is 3. The Kier molecular flexibility index (Phi) is 10.3. The molecule has 0 bridgehead atoms. The summed E-state index contributed by atoms with van der Waals surface area (Å²) in [6.07, 6.45) is 0.299. The quantitative estimate of drug-likeness (QED) is 0.388. The van der Waals surface area contributed by atoms with Crippen LogP contribution in [0.4, 0.5) is 0 Å². The number of aliphatic hydroxyl groups is 1. The average Bonchev–Trinajstić information content (AvgIpc) is 3.05. The maximum absolute atomic E-state index is 12.9. The molecule has 0 radical (unpaired) electrons. The van der Waals surface area contributed by atoms with E-state index in [2.05, 4.69) is 24.5 Å². The van der Waals surface area contributed by atoms with Gasteiger partial charge in [0, 0.05) is 24.8 Å². The zero-order valence-corrected chi connectivity index (χ0v) is 18.0. The molecule has 0 aromatic carbocycles. The molecule has 1 unspecified atom stereocenters. The standard InChI is InChI=1S/C21H39N3O4/c1-12(2)8-15-10-23-11-17(15)19(26)9-16(14(5)25)21(28)24-18(6-7-22)20(27)13(3)4/h12-18,23,25H,6-11,22H2,1-5H3,(H,24,28)/t14-,15+,16-,17?,18-/m0/s1. The van der Waals surface area contributed by atoms with Crippen LogP contribution in [0.25, 0.3) is 0 Å². The molecule has 0 aliphatic carbocycles. The SMILES string of the molecule is CC(C)C[C@@H]1CNCC1C(=O)C[C@H](C(=O)N[C@@H](CCN)C(=O)C(C)C)[C@H](C)O. The molecule has 1 heterocycles. The Bertz CT molecular complexity index is 534. The highest BCUT2D eigenvalue weighted by atomic mass is 16.3. The van der Waals surface area contributed by atoms with Crippen LogP contribution in [0.1, 0.15) is 53.9 Å². The number of hydrogen-bond acceptors (Lipinski definition) is 6. The Labute approximate surface area is 169 Å². The molecular formula is C21H39N3O4. The van der Waals surface area contributed by atoms with Gasteiger partial charge in [-0.3, -0.25) is 14.4 Å². The lowest BCUT2D eigenvalue weighted by Crippen LogP contribution is -2.48. The molecule has 0 spiro atoms. The molecule has 1 aliphatic rings. The molecule has 0 aromatic heterocycles. The number of Topliss-reactive ketones (excluding diaryl/α,β-unsaturated/α-hetero) is 2. The Morgan fingerprint density at radius 1 is 1.14 bits per heavy atom. The maximum Gasteiger partial charge on any atom is 0.226 e. The van der Waals surface area contributed by atoms with Crippen molar-refractivity contribution in [1.29, 1.82) is 0 Å². The van der Waals surface area contributed by atoms with Gasteiger partial charge in [-0.15, -0.1) is 0 Å². The van der Waals surface area contributed by atoms with Gasteiger partial charge in [-0.2, -0.15) is 0 Å². The van der Waals surface area contributed by atoms with Crippen molar-refractivity contribution in [3.63, 3.8) is 0 Å². The number of ketones is 2. The van der Waals surface area contributed by atoms with Crippen LogP contribution in [0.5, 0.6) is 0 Å². The van der Waals surface area contributed by atoms with E-state index < -0.39 is 24.0 Å². The molecule has 1 amide bonds. The van der Waals surface area contributed by atoms with Crippen LogP contribution >= 0.6 is 0 Å². The topological polar surface area (TPSA) is 122 Å². The van der Waals surface area contributed by atoms with Crippen molar-refractivity contribution < 1.29 is 19.5 Å². The molecule has 7 nitrogen and oxygen atoms in total. The number of carbonyl (C=O) groups excluding carboxylic acids is 3.